The number of nitrogens with zero attached hydrogens (tertiary/aromatic N) is 2. The van der Waals surface area contributed by atoms with Gasteiger partial charge in [0.2, 0.25) is 0 Å². The van der Waals surface area contributed by atoms with Gasteiger partial charge in [-0.3, -0.25) is 10.4 Å². The van der Waals surface area contributed by atoms with E-state index in [0.29, 0.717) is 17.9 Å². The Hall–Kier alpha value is -1.76. The molecule has 23 heavy (non-hydrogen) atoms. The Kier molecular flexibility index (Phi) is 5.19. The zero-order valence-electron chi connectivity index (χ0n) is 14.5. The van der Waals surface area contributed by atoms with Crippen LogP contribution in [0.1, 0.15) is 55.0 Å². The van der Waals surface area contributed by atoms with Crippen molar-refractivity contribution in [3.63, 3.8) is 0 Å². The van der Waals surface area contributed by atoms with Gasteiger partial charge in [-0.1, -0.05) is 11.8 Å². The fraction of sp³-hybridized carbons (Fsp3) is 0.562. The van der Waals surface area contributed by atoms with Crippen molar-refractivity contribution in [3.8, 4) is 0 Å². The number of esters is 1. The minimum atomic E-state index is -0.314. The second-order valence-corrected chi connectivity index (χ2v) is 7.36. The molecule has 0 saturated heterocycles. The largest absolute Gasteiger partial charge is 0.462 e. The maximum absolute atomic E-state index is 12.2. The molecule has 2 rings (SSSR count). The summed E-state index contributed by atoms with van der Waals surface area (Å²) in [6.45, 7) is 12.1. The summed E-state index contributed by atoms with van der Waals surface area (Å²) in [6.07, 6.45) is 0. The zero-order chi connectivity index (χ0) is 17.2. The Bertz CT molecular complexity index is 668. The molecule has 0 amide bonds. The lowest BCUT2D eigenvalue weighted by molar-refractivity contribution is 0.0525. The van der Waals surface area contributed by atoms with E-state index in [1.165, 1.54) is 0 Å². The normalized spacial score (nSPS) is 17.0. The third-order valence-corrected chi connectivity index (χ3v) is 4.09. The molecule has 7 heteroatoms. The summed E-state index contributed by atoms with van der Waals surface area (Å²) in [5.41, 5.74) is 6.79. The van der Waals surface area contributed by atoms with Crippen molar-refractivity contribution in [2.24, 2.45) is 10.1 Å². The molecular weight excluding hydrogens is 312 g/mol. The van der Waals surface area contributed by atoms with Crippen LogP contribution in [0.4, 0.5) is 0 Å². The van der Waals surface area contributed by atoms with Crippen LogP contribution in [-0.2, 0) is 4.74 Å². The number of hydrogen-bond donors (Lipinski definition) is 2. The van der Waals surface area contributed by atoms with Crippen LogP contribution in [0.5, 0.6) is 0 Å². The summed E-state index contributed by atoms with van der Waals surface area (Å²) in [4.78, 5) is 20.0. The third-order valence-electron chi connectivity index (χ3n) is 3.21. The summed E-state index contributed by atoms with van der Waals surface area (Å²) < 4.78 is 5.18. The number of aromatic nitrogens is 1. The second-order valence-electron chi connectivity index (χ2n) is 6.39. The quantitative estimate of drug-likeness (QED) is 0.832. The predicted octanol–water partition coefficient (Wildman–Crippen LogP) is 3.00. The highest BCUT2D eigenvalue weighted by atomic mass is 32.2. The monoisotopic (exact) mass is 336 g/mol. The molecular formula is C16H24N4O2S. The zero-order valence-corrected chi connectivity index (χ0v) is 15.3. The number of aliphatic imine (C=N–C) groups is 1. The van der Waals surface area contributed by atoms with Gasteiger partial charge in [0.15, 0.2) is 5.17 Å². The molecule has 1 aromatic rings. The Morgan fingerprint density at radius 3 is 2.57 bits per heavy atom. The van der Waals surface area contributed by atoms with Gasteiger partial charge in [-0.05, 0) is 41.5 Å². The molecule has 0 saturated carbocycles. The van der Waals surface area contributed by atoms with E-state index in [0.717, 1.165) is 27.8 Å². The number of hydrazone groups is 1. The summed E-state index contributed by atoms with van der Waals surface area (Å²) in [7, 11) is 0. The Morgan fingerprint density at radius 1 is 1.35 bits per heavy atom. The fourth-order valence-electron chi connectivity index (χ4n) is 2.41. The number of ether oxygens (including phenoxy) is 1. The molecule has 1 aliphatic heterocycles. The van der Waals surface area contributed by atoms with E-state index in [4.69, 9.17) is 4.74 Å². The molecule has 0 unspecified atom stereocenters. The van der Waals surface area contributed by atoms with Crippen LogP contribution in [0.3, 0.4) is 0 Å². The predicted molar refractivity (Wildman–Crippen MR) is 95.5 cm³/mol. The lowest BCUT2D eigenvalue weighted by Gasteiger charge is -2.19. The first-order valence-corrected chi connectivity index (χ1v) is 8.63. The molecule has 0 atom stereocenters. The SMILES string of the molecule is CCOC(=O)c1c(C)[nH]c(C)c1C1=NNC(=NC(C)(C)C)SC1. The number of nitrogens with one attached hydrogen (secondary N) is 2. The van der Waals surface area contributed by atoms with Gasteiger partial charge >= 0.3 is 5.97 Å². The maximum Gasteiger partial charge on any atom is 0.340 e. The third kappa shape index (κ3) is 4.16. The Balaban J connectivity index is 2.34. The number of carbonyl (C=O) groups excluding carboxylic acids is 1. The number of amidine groups is 1. The number of hydrogen-bond acceptors (Lipinski definition) is 5. The molecule has 0 spiro atoms. The van der Waals surface area contributed by atoms with E-state index in [1.54, 1.807) is 18.7 Å². The van der Waals surface area contributed by atoms with E-state index in [-0.39, 0.29) is 11.5 Å². The van der Waals surface area contributed by atoms with Gasteiger partial charge in [0, 0.05) is 22.7 Å². The summed E-state index contributed by atoms with van der Waals surface area (Å²) in [6, 6.07) is 0. The van der Waals surface area contributed by atoms with Crippen LogP contribution >= 0.6 is 11.8 Å². The number of aromatic amines is 1. The van der Waals surface area contributed by atoms with E-state index < -0.39 is 0 Å². The molecule has 0 aromatic carbocycles. The Labute approximate surface area is 141 Å². The number of H-pyrrole nitrogens is 1. The van der Waals surface area contributed by atoms with Gasteiger partial charge in [-0.15, -0.1) is 0 Å². The second kappa shape index (κ2) is 6.78. The fourth-order valence-corrected chi connectivity index (χ4v) is 3.34. The van der Waals surface area contributed by atoms with Crippen LogP contribution in [0, 0.1) is 13.8 Å². The molecule has 0 bridgehead atoms. The number of aryl methyl sites for hydroxylation is 2. The van der Waals surface area contributed by atoms with Gasteiger partial charge < -0.3 is 9.72 Å². The van der Waals surface area contributed by atoms with Gasteiger partial charge in [-0.2, -0.15) is 5.10 Å². The first-order chi connectivity index (χ1) is 10.7. The van der Waals surface area contributed by atoms with E-state index in [9.17, 15) is 4.79 Å². The molecule has 0 aliphatic carbocycles. The average Bonchev–Trinajstić information content (AvgIpc) is 2.73. The van der Waals surface area contributed by atoms with Crippen molar-refractivity contribution in [3.05, 3.63) is 22.5 Å². The topological polar surface area (TPSA) is 78.8 Å². The smallest absolute Gasteiger partial charge is 0.340 e. The molecule has 1 aliphatic rings. The minimum Gasteiger partial charge on any atom is -0.462 e. The lowest BCUT2D eigenvalue weighted by atomic mass is 10.1. The van der Waals surface area contributed by atoms with Gasteiger partial charge in [-0.25, -0.2) is 4.79 Å². The first kappa shape index (κ1) is 17.6. The minimum absolute atomic E-state index is 0.154. The number of carbonyl (C=O) groups is 1. The first-order valence-electron chi connectivity index (χ1n) is 7.64. The Morgan fingerprint density at radius 2 is 2.04 bits per heavy atom. The van der Waals surface area contributed by atoms with Gasteiger partial charge in [0.25, 0.3) is 0 Å². The van der Waals surface area contributed by atoms with Crippen LogP contribution < -0.4 is 5.43 Å². The van der Waals surface area contributed by atoms with E-state index >= 15 is 0 Å². The number of rotatable bonds is 3. The van der Waals surface area contributed by atoms with Gasteiger partial charge in [0.05, 0.1) is 23.4 Å². The van der Waals surface area contributed by atoms with Crippen molar-refractivity contribution in [2.45, 2.75) is 47.1 Å². The highest BCUT2D eigenvalue weighted by Gasteiger charge is 2.26. The molecule has 126 valence electrons. The van der Waals surface area contributed by atoms with Crippen LogP contribution in [0.2, 0.25) is 0 Å². The van der Waals surface area contributed by atoms with Crippen molar-refractivity contribution in [1.82, 2.24) is 10.4 Å². The van der Waals surface area contributed by atoms with Crippen molar-refractivity contribution in [2.75, 3.05) is 12.4 Å². The molecule has 0 radical (unpaired) electrons. The van der Waals surface area contributed by atoms with Crippen LogP contribution in [-0.4, -0.2) is 39.7 Å². The van der Waals surface area contributed by atoms with Crippen LogP contribution in [0.25, 0.3) is 0 Å². The average molecular weight is 336 g/mol. The van der Waals surface area contributed by atoms with Crippen molar-refractivity contribution < 1.29 is 9.53 Å². The van der Waals surface area contributed by atoms with Gasteiger partial charge in [0.1, 0.15) is 0 Å². The van der Waals surface area contributed by atoms with Crippen molar-refractivity contribution >= 4 is 28.6 Å². The standard InChI is InChI=1S/C16H24N4O2S/c1-7-22-14(21)13-10(3)17-9(2)12(13)11-8-23-15(20-19-11)18-16(4,5)6/h17H,7-8H2,1-6H3,(H,18,20). The van der Waals surface area contributed by atoms with Crippen molar-refractivity contribution in [1.29, 1.82) is 0 Å². The summed E-state index contributed by atoms with van der Waals surface area (Å²) in [5.74, 6) is 0.345. The summed E-state index contributed by atoms with van der Waals surface area (Å²) in [5, 5.41) is 5.23. The maximum atomic E-state index is 12.2. The number of thioether (sulfide) groups is 1. The van der Waals surface area contributed by atoms with E-state index in [2.05, 4.69) is 20.5 Å². The van der Waals surface area contributed by atoms with Crippen LogP contribution in [0.15, 0.2) is 10.1 Å². The molecule has 2 N–H and O–H groups in total. The van der Waals surface area contributed by atoms with E-state index in [1.807, 2.05) is 34.6 Å². The summed E-state index contributed by atoms with van der Waals surface area (Å²) >= 11 is 1.59. The highest BCUT2D eigenvalue weighted by Crippen LogP contribution is 2.24. The molecule has 1 aromatic heterocycles. The molecule has 2 heterocycles. The molecule has 0 fully saturated rings. The lowest BCUT2D eigenvalue weighted by Crippen LogP contribution is -2.29. The molecule has 6 nitrogen and oxygen atoms in total. The highest BCUT2D eigenvalue weighted by molar-refractivity contribution is 8.14.